The van der Waals surface area contributed by atoms with Gasteiger partial charge in [0.2, 0.25) is 11.0 Å². The molecular weight excluding hydrogens is 563 g/mol. The Balaban J connectivity index is 1.50. The van der Waals surface area contributed by atoms with Crippen molar-refractivity contribution in [3.8, 4) is 5.69 Å². The van der Waals surface area contributed by atoms with Gasteiger partial charge < -0.3 is 5.32 Å². The van der Waals surface area contributed by atoms with Crippen LogP contribution in [0.2, 0.25) is 0 Å². The number of nitrogens with zero attached hydrogens (tertiary/aromatic N) is 5. The van der Waals surface area contributed by atoms with E-state index in [0.29, 0.717) is 21.7 Å². The minimum Gasteiger partial charge on any atom is -0.345 e. The summed E-state index contributed by atoms with van der Waals surface area (Å²) in [7, 11) is 0. The fraction of sp³-hybridized carbons (Fsp3) is 0.357. The van der Waals surface area contributed by atoms with E-state index in [1.165, 1.54) is 23.1 Å². The molecule has 0 spiro atoms. The molecule has 0 saturated carbocycles. The number of aryl methyl sites for hydroxylation is 2. The van der Waals surface area contributed by atoms with Crippen LogP contribution in [0.1, 0.15) is 60.6 Å². The Morgan fingerprint density at radius 1 is 0.975 bits per heavy atom. The monoisotopic (exact) mass is 595 g/mol. The Hall–Kier alpha value is -3.22. The van der Waals surface area contributed by atoms with E-state index in [9.17, 15) is 9.59 Å². The third kappa shape index (κ3) is 7.49. The van der Waals surface area contributed by atoms with E-state index in [0.717, 1.165) is 32.5 Å². The molecule has 0 unspecified atom stereocenters. The van der Waals surface area contributed by atoms with Gasteiger partial charge in [-0.05, 0) is 59.9 Å². The Morgan fingerprint density at radius 2 is 1.73 bits per heavy atom. The normalized spacial score (nSPS) is 11.4. The maximum atomic E-state index is 12.9. The van der Waals surface area contributed by atoms with Crippen LogP contribution in [-0.4, -0.2) is 48.3 Å². The smallest absolute Gasteiger partial charge is 0.251 e. The molecule has 9 nitrogen and oxygen atoms in total. The molecule has 0 aliphatic carbocycles. The third-order valence-electron chi connectivity index (χ3n) is 5.98. The molecule has 210 valence electrons. The number of amides is 2. The average Bonchev–Trinajstić information content (AvgIpc) is 3.53. The Kier molecular flexibility index (Phi) is 9.64. The highest BCUT2D eigenvalue weighted by Gasteiger charge is 2.20. The molecule has 2 N–H and O–H groups in total. The van der Waals surface area contributed by atoms with Crippen molar-refractivity contribution < 1.29 is 9.59 Å². The van der Waals surface area contributed by atoms with Gasteiger partial charge >= 0.3 is 0 Å². The summed E-state index contributed by atoms with van der Waals surface area (Å²) in [5.41, 5.74) is 4.75. The van der Waals surface area contributed by atoms with Crippen LogP contribution < -0.4 is 10.6 Å². The van der Waals surface area contributed by atoms with Crippen molar-refractivity contribution in [1.29, 1.82) is 0 Å². The van der Waals surface area contributed by atoms with Gasteiger partial charge in [0, 0.05) is 5.56 Å². The lowest BCUT2D eigenvalue weighted by Crippen LogP contribution is -2.25. The number of hydrogen-bond acceptors (Lipinski definition) is 9. The van der Waals surface area contributed by atoms with Crippen molar-refractivity contribution >= 4 is 51.8 Å². The van der Waals surface area contributed by atoms with Crippen molar-refractivity contribution in [3.63, 3.8) is 0 Å². The number of anilines is 1. The molecule has 0 atom stereocenters. The van der Waals surface area contributed by atoms with Gasteiger partial charge in [0.15, 0.2) is 15.3 Å². The van der Waals surface area contributed by atoms with Crippen LogP contribution in [0.4, 0.5) is 5.13 Å². The maximum absolute atomic E-state index is 12.9. The summed E-state index contributed by atoms with van der Waals surface area (Å²) in [6.07, 6.45) is 0. The Bertz CT molecular complexity index is 1490. The summed E-state index contributed by atoms with van der Waals surface area (Å²) in [6, 6.07) is 13.8. The molecule has 0 aliphatic rings. The van der Waals surface area contributed by atoms with Gasteiger partial charge in [0.1, 0.15) is 0 Å². The highest BCUT2D eigenvalue weighted by Crippen LogP contribution is 2.28. The molecule has 0 bridgehead atoms. The van der Waals surface area contributed by atoms with E-state index in [2.05, 4.69) is 51.8 Å². The molecule has 2 aromatic heterocycles. The topological polar surface area (TPSA) is 115 Å². The molecule has 0 saturated heterocycles. The standard InChI is InChI=1S/C28H33N7O2S3/c1-7-38-27-34-32-25(40-27)30-23(36)16-39-26-33-31-22(35(26)21-14-17(2)8-9-18(21)3)15-29-24(37)19-10-12-20(13-11-19)28(4,5)6/h8-14H,7,15-16H2,1-6H3,(H,29,37)(H,30,32,36). The predicted octanol–water partition coefficient (Wildman–Crippen LogP) is 5.81. The summed E-state index contributed by atoms with van der Waals surface area (Å²) in [6.45, 7) is 12.7. The maximum Gasteiger partial charge on any atom is 0.251 e. The minimum absolute atomic E-state index is 0.0102. The summed E-state index contributed by atoms with van der Waals surface area (Å²) < 4.78 is 2.72. The second-order valence-corrected chi connectivity index (χ2v) is 13.6. The molecule has 0 aliphatic heterocycles. The lowest BCUT2D eigenvalue weighted by atomic mass is 9.87. The van der Waals surface area contributed by atoms with Gasteiger partial charge in [-0.2, -0.15) is 0 Å². The zero-order valence-electron chi connectivity index (χ0n) is 23.4. The summed E-state index contributed by atoms with van der Waals surface area (Å²) in [5.74, 6) is 1.17. The molecule has 40 heavy (non-hydrogen) atoms. The summed E-state index contributed by atoms with van der Waals surface area (Å²) >= 11 is 4.20. The molecule has 12 heteroatoms. The summed E-state index contributed by atoms with van der Waals surface area (Å²) in [5, 5.41) is 23.7. The van der Waals surface area contributed by atoms with Gasteiger partial charge in [0.25, 0.3) is 5.91 Å². The quantitative estimate of drug-likeness (QED) is 0.175. The first-order chi connectivity index (χ1) is 19.0. The molecule has 2 heterocycles. The number of nitrogens with one attached hydrogen (secondary N) is 2. The number of carbonyl (C=O) groups excluding carboxylic acids is 2. The van der Waals surface area contributed by atoms with E-state index in [4.69, 9.17) is 0 Å². The van der Waals surface area contributed by atoms with Gasteiger partial charge in [-0.25, -0.2) is 0 Å². The zero-order valence-corrected chi connectivity index (χ0v) is 25.9. The number of carbonyl (C=O) groups is 2. The number of benzene rings is 2. The van der Waals surface area contributed by atoms with Crippen LogP contribution >= 0.6 is 34.9 Å². The molecule has 0 fully saturated rings. The predicted molar refractivity (Wildman–Crippen MR) is 163 cm³/mol. The van der Waals surface area contributed by atoms with Gasteiger partial charge in [-0.1, -0.05) is 86.8 Å². The fourth-order valence-electron chi connectivity index (χ4n) is 3.82. The van der Waals surface area contributed by atoms with Crippen molar-refractivity contribution in [2.45, 2.75) is 63.0 Å². The highest BCUT2D eigenvalue weighted by atomic mass is 32.2. The first-order valence-electron chi connectivity index (χ1n) is 12.8. The second kappa shape index (κ2) is 13.0. The van der Waals surface area contributed by atoms with Crippen LogP contribution in [-0.2, 0) is 16.8 Å². The number of hydrogen-bond donors (Lipinski definition) is 2. The van der Waals surface area contributed by atoms with E-state index < -0.39 is 0 Å². The largest absolute Gasteiger partial charge is 0.345 e. The Morgan fingerprint density at radius 3 is 2.42 bits per heavy atom. The van der Waals surface area contributed by atoms with Crippen molar-refractivity contribution in [2.24, 2.45) is 0 Å². The van der Waals surface area contributed by atoms with Crippen molar-refractivity contribution in [1.82, 2.24) is 30.3 Å². The van der Waals surface area contributed by atoms with E-state index >= 15 is 0 Å². The summed E-state index contributed by atoms with van der Waals surface area (Å²) in [4.78, 5) is 25.6. The van der Waals surface area contributed by atoms with E-state index in [1.807, 2.05) is 67.8 Å². The van der Waals surface area contributed by atoms with E-state index in [1.54, 1.807) is 11.8 Å². The fourth-order valence-corrected chi connectivity index (χ4v) is 6.25. The van der Waals surface area contributed by atoms with Gasteiger partial charge in [0.05, 0.1) is 18.0 Å². The van der Waals surface area contributed by atoms with Gasteiger partial charge in [-0.3, -0.25) is 19.5 Å². The molecule has 2 aromatic carbocycles. The van der Waals surface area contributed by atoms with Crippen LogP contribution in [0.3, 0.4) is 0 Å². The van der Waals surface area contributed by atoms with Gasteiger partial charge in [-0.15, -0.1) is 20.4 Å². The second-order valence-electron chi connectivity index (χ2n) is 10.2. The first-order valence-corrected chi connectivity index (χ1v) is 15.6. The number of aromatic nitrogens is 5. The van der Waals surface area contributed by atoms with Crippen LogP contribution in [0, 0.1) is 13.8 Å². The number of thioether (sulfide) groups is 2. The molecule has 4 rings (SSSR count). The van der Waals surface area contributed by atoms with Crippen LogP contribution in [0.5, 0.6) is 0 Å². The first kappa shape index (κ1) is 29.8. The van der Waals surface area contributed by atoms with Crippen LogP contribution in [0.25, 0.3) is 5.69 Å². The van der Waals surface area contributed by atoms with Crippen LogP contribution in [0.15, 0.2) is 52.0 Å². The van der Waals surface area contributed by atoms with E-state index in [-0.39, 0.29) is 29.5 Å². The number of rotatable bonds is 10. The molecule has 0 radical (unpaired) electrons. The molecule has 4 aromatic rings. The van der Waals surface area contributed by atoms with Crippen molar-refractivity contribution in [2.75, 3.05) is 16.8 Å². The highest BCUT2D eigenvalue weighted by molar-refractivity contribution is 8.01. The molecular formula is C28H33N7O2S3. The minimum atomic E-state index is -0.210. The van der Waals surface area contributed by atoms with Crippen molar-refractivity contribution in [3.05, 3.63) is 70.5 Å². The Labute approximate surface area is 247 Å². The third-order valence-corrected chi connectivity index (χ3v) is 8.76. The SMILES string of the molecule is CCSc1nnc(NC(=O)CSc2nnc(CNC(=O)c3ccc(C(C)(C)C)cc3)n2-c2cc(C)ccc2C)s1. The lowest BCUT2D eigenvalue weighted by Gasteiger charge is -2.19. The average molecular weight is 596 g/mol. The zero-order chi connectivity index (χ0) is 28.9. The lowest BCUT2D eigenvalue weighted by molar-refractivity contribution is -0.113. The molecule has 2 amide bonds.